The molecule has 0 aliphatic carbocycles. The summed E-state index contributed by atoms with van der Waals surface area (Å²) in [5.74, 6) is -0.586. The molecule has 2 aromatic carbocycles. The van der Waals surface area contributed by atoms with Gasteiger partial charge in [0, 0.05) is 22.5 Å². The van der Waals surface area contributed by atoms with Crippen molar-refractivity contribution in [1.29, 1.82) is 0 Å². The van der Waals surface area contributed by atoms with Crippen molar-refractivity contribution in [1.82, 2.24) is 9.78 Å². The summed E-state index contributed by atoms with van der Waals surface area (Å²) >= 11 is 3.29. The van der Waals surface area contributed by atoms with E-state index in [0.29, 0.717) is 15.7 Å². The molecule has 0 bridgehead atoms. The Labute approximate surface area is 129 Å². The van der Waals surface area contributed by atoms with Gasteiger partial charge in [-0.05, 0) is 24.3 Å². The van der Waals surface area contributed by atoms with E-state index in [2.05, 4.69) is 21.0 Å². The molecule has 0 radical (unpaired) electrons. The van der Waals surface area contributed by atoms with E-state index in [1.54, 1.807) is 10.7 Å². The van der Waals surface area contributed by atoms with Gasteiger partial charge in [0.15, 0.2) is 5.78 Å². The molecule has 1 aromatic heterocycles. The van der Waals surface area contributed by atoms with Crippen LogP contribution in [0.3, 0.4) is 0 Å². The second-order valence-corrected chi connectivity index (χ2v) is 5.67. The van der Waals surface area contributed by atoms with Crippen LogP contribution in [0.1, 0.15) is 16.1 Å². The minimum Gasteiger partial charge on any atom is -0.294 e. The van der Waals surface area contributed by atoms with Gasteiger partial charge in [0.25, 0.3) is 0 Å². The van der Waals surface area contributed by atoms with Gasteiger partial charge < -0.3 is 0 Å². The summed E-state index contributed by atoms with van der Waals surface area (Å²) in [7, 11) is 1.84. The van der Waals surface area contributed by atoms with Crippen LogP contribution in [-0.2, 0) is 13.5 Å². The number of rotatable bonds is 3. The summed E-state index contributed by atoms with van der Waals surface area (Å²) in [6, 6.07) is 11.8. The van der Waals surface area contributed by atoms with E-state index in [4.69, 9.17) is 0 Å². The average molecular weight is 347 g/mol. The lowest BCUT2D eigenvalue weighted by atomic mass is 10.0. The molecular formula is C16H12BrFN2O. The standard InChI is InChI=1S/C16H12BrFN2O/c1-20-15-5-3-2-4-11(15)14(19-20)9-16(21)12-8-10(18)6-7-13(12)17/h2-8H,9H2,1H3. The van der Waals surface area contributed by atoms with Gasteiger partial charge in [-0.25, -0.2) is 4.39 Å². The van der Waals surface area contributed by atoms with Crippen molar-refractivity contribution in [2.45, 2.75) is 6.42 Å². The molecule has 0 unspecified atom stereocenters. The molecule has 0 fully saturated rings. The van der Waals surface area contributed by atoms with Crippen LogP contribution in [0.5, 0.6) is 0 Å². The fourth-order valence-corrected chi connectivity index (χ4v) is 2.85. The van der Waals surface area contributed by atoms with Crippen LogP contribution >= 0.6 is 15.9 Å². The number of aryl methyl sites for hydroxylation is 1. The fraction of sp³-hybridized carbons (Fsp3) is 0.125. The number of carbonyl (C=O) groups excluding carboxylic acids is 1. The molecule has 1 heterocycles. The molecule has 3 aromatic rings. The summed E-state index contributed by atoms with van der Waals surface area (Å²) < 4.78 is 15.7. The molecule has 0 atom stereocenters. The lowest BCUT2D eigenvalue weighted by molar-refractivity contribution is 0.0991. The highest BCUT2D eigenvalue weighted by Gasteiger charge is 2.16. The maximum Gasteiger partial charge on any atom is 0.170 e. The smallest absolute Gasteiger partial charge is 0.170 e. The molecule has 5 heteroatoms. The maximum atomic E-state index is 13.3. The first kappa shape index (κ1) is 13.9. The predicted octanol–water partition coefficient (Wildman–Crippen LogP) is 3.90. The third-order valence-corrected chi connectivity index (χ3v) is 4.08. The van der Waals surface area contributed by atoms with Crippen molar-refractivity contribution in [3.8, 4) is 0 Å². The number of ketones is 1. The van der Waals surface area contributed by atoms with Crippen LogP contribution in [-0.4, -0.2) is 15.6 Å². The minimum absolute atomic E-state index is 0.142. The second-order valence-electron chi connectivity index (χ2n) is 4.81. The lowest BCUT2D eigenvalue weighted by Gasteiger charge is -2.03. The van der Waals surface area contributed by atoms with E-state index in [1.807, 2.05) is 31.3 Å². The molecule has 0 N–H and O–H groups in total. The van der Waals surface area contributed by atoms with Gasteiger partial charge in [0.1, 0.15) is 5.82 Å². The molecule has 21 heavy (non-hydrogen) atoms. The molecule has 3 nitrogen and oxygen atoms in total. The third-order valence-electron chi connectivity index (χ3n) is 3.39. The highest BCUT2D eigenvalue weighted by molar-refractivity contribution is 9.10. The molecule has 0 saturated heterocycles. The largest absolute Gasteiger partial charge is 0.294 e. The van der Waals surface area contributed by atoms with Crippen LogP contribution < -0.4 is 0 Å². The van der Waals surface area contributed by atoms with Crippen molar-refractivity contribution in [2.75, 3.05) is 0 Å². The van der Waals surface area contributed by atoms with Crippen LogP contribution in [0, 0.1) is 5.82 Å². The lowest BCUT2D eigenvalue weighted by Crippen LogP contribution is -2.06. The summed E-state index contributed by atoms with van der Waals surface area (Å²) in [4.78, 5) is 12.4. The van der Waals surface area contributed by atoms with Crippen LogP contribution in [0.25, 0.3) is 10.9 Å². The van der Waals surface area contributed by atoms with Gasteiger partial charge in [0.2, 0.25) is 0 Å². The normalized spacial score (nSPS) is 11.0. The Morgan fingerprint density at radius 2 is 2.05 bits per heavy atom. The zero-order valence-electron chi connectivity index (χ0n) is 11.3. The number of nitrogens with zero attached hydrogens (tertiary/aromatic N) is 2. The number of benzene rings is 2. The number of halogens is 2. The van der Waals surface area contributed by atoms with Gasteiger partial charge in [-0.2, -0.15) is 5.10 Å². The Hall–Kier alpha value is -2.01. The highest BCUT2D eigenvalue weighted by atomic mass is 79.9. The van der Waals surface area contributed by atoms with Crippen molar-refractivity contribution in [3.63, 3.8) is 0 Å². The number of hydrogen-bond donors (Lipinski definition) is 0. The van der Waals surface area contributed by atoms with Gasteiger partial charge in [-0.3, -0.25) is 9.48 Å². The van der Waals surface area contributed by atoms with E-state index >= 15 is 0 Å². The Balaban J connectivity index is 1.99. The molecule has 106 valence electrons. The quantitative estimate of drug-likeness (QED) is 0.674. The Morgan fingerprint density at radius 3 is 2.86 bits per heavy atom. The Kier molecular flexibility index (Phi) is 3.59. The monoisotopic (exact) mass is 346 g/mol. The Morgan fingerprint density at radius 1 is 1.29 bits per heavy atom. The molecule has 0 spiro atoms. The first-order chi connectivity index (χ1) is 10.1. The number of aromatic nitrogens is 2. The average Bonchev–Trinajstić information content (AvgIpc) is 2.78. The van der Waals surface area contributed by atoms with Crippen molar-refractivity contribution in [3.05, 3.63) is 64.0 Å². The third kappa shape index (κ3) is 2.61. The Bertz CT molecular complexity index is 841. The summed E-state index contributed by atoms with van der Waals surface area (Å²) in [6.07, 6.45) is 0.142. The molecule has 0 aliphatic rings. The highest BCUT2D eigenvalue weighted by Crippen LogP contribution is 2.22. The molecule has 3 rings (SSSR count). The number of hydrogen-bond acceptors (Lipinski definition) is 2. The van der Waals surface area contributed by atoms with Crippen LogP contribution in [0.15, 0.2) is 46.9 Å². The van der Waals surface area contributed by atoms with E-state index in [0.717, 1.165) is 10.9 Å². The number of Topliss-reactive ketones (excluding diaryl/α,β-unsaturated/α-hetero) is 1. The molecular weight excluding hydrogens is 335 g/mol. The van der Waals surface area contributed by atoms with E-state index < -0.39 is 5.82 Å². The second kappa shape index (κ2) is 5.41. The summed E-state index contributed by atoms with van der Waals surface area (Å²) in [6.45, 7) is 0. The van der Waals surface area contributed by atoms with Crippen molar-refractivity contribution in [2.24, 2.45) is 7.05 Å². The zero-order valence-corrected chi connectivity index (χ0v) is 12.9. The van der Waals surface area contributed by atoms with Crippen LogP contribution in [0.4, 0.5) is 4.39 Å². The van der Waals surface area contributed by atoms with Gasteiger partial charge in [-0.1, -0.05) is 34.1 Å². The summed E-state index contributed by atoms with van der Waals surface area (Å²) in [5.41, 5.74) is 2.01. The van der Waals surface area contributed by atoms with Gasteiger partial charge in [0.05, 0.1) is 17.6 Å². The molecule has 0 saturated carbocycles. The topological polar surface area (TPSA) is 34.9 Å². The first-order valence-corrected chi connectivity index (χ1v) is 7.24. The number of para-hydroxylation sites is 1. The molecule has 0 amide bonds. The van der Waals surface area contributed by atoms with Crippen molar-refractivity contribution < 1.29 is 9.18 Å². The zero-order chi connectivity index (χ0) is 15.0. The van der Waals surface area contributed by atoms with E-state index in [1.165, 1.54) is 12.1 Å². The van der Waals surface area contributed by atoms with Crippen LogP contribution in [0.2, 0.25) is 0 Å². The van der Waals surface area contributed by atoms with Gasteiger partial charge >= 0.3 is 0 Å². The van der Waals surface area contributed by atoms with E-state index in [9.17, 15) is 9.18 Å². The number of fused-ring (bicyclic) bond motifs is 1. The van der Waals surface area contributed by atoms with Gasteiger partial charge in [-0.15, -0.1) is 0 Å². The fourth-order valence-electron chi connectivity index (χ4n) is 2.38. The summed E-state index contributed by atoms with van der Waals surface area (Å²) in [5, 5.41) is 5.34. The number of carbonyl (C=O) groups is 1. The van der Waals surface area contributed by atoms with Crippen molar-refractivity contribution >= 4 is 32.6 Å². The molecule has 0 aliphatic heterocycles. The first-order valence-electron chi connectivity index (χ1n) is 6.45. The predicted molar refractivity (Wildman–Crippen MR) is 82.8 cm³/mol. The maximum absolute atomic E-state index is 13.3. The minimum atomic E-state index is -0.424. The SMILES string of the molecule is Cn1nc(CC(=O)c2cc(F)ccc2Br)c2ccccc21. The van der Waals surface area contributed by atoms with E-state index in [-0.39, 0.29) is 12.2 Å².